The van der Waals surface area contributed by atoms with Crippen LogP contribution in [0.2, 0.25) is 0 Å². The van der Waals surface area contributed by atoms with Crippen LogP contribution in [0.4, 0.5) is 5.69 Å². The average molecular weight is 418 g/mol. The number of carbonyl (C=O) groups is 2. The first kappa shape index (κ1) is 21.0. The summed E-state index contributed by atoms with van der Waals surface area (Å²) < 4.78 is 37.3. The Kier molecular flexibility index (Phi) is 6.31. The van der Waals surface area contributed by atoms with E-state index in [0.717, 1.165) is 0 Å². The molecular formula is C20H22N2O6S. The molecule has 0 radical (unpaired) electrons. The van der Waals surface area contributed by atoms with Crippen LogP contribution in [0, 0.1) is 6.92 Å². The molecule has 9 heteroatoms. The molecule has 0 atom stereocenters. The number of para-hydroxylation sites is 1. The van der Waals surface area contributed by atoms with E-state index in [1.54, 1.807) is 37.3 Å². The average Bonchev–Trinajstić information content (AvgIpc) is 2.74. The molecular weight excluding hydrogens is 396 g/mol. The first-order chi connectivity index (χ1) is 13.8. The highest BCUT2D eigenvalue weighted by Gasteiger charge is 2.28. The van der Waals surface area contributed by atoms with Crippen molar-refractivity contribution in [1.82, 2.24) is 4.31 Å². The number of anilines is 1. The summed E-state index contributed by atoms with van der Waals surface area (Å²) in [4.78, 5) is 24.7. The first-order valence-electron chi connectivity index (χ1n) is 9.02. The van der Waals surface area contributed by atoms with Gasteiger partial charge < -0.3 is 14.8 Å². The lowest BCUT2D eigenvalue weighted by Gasteiger charge is -2.26. The van der Waals surface area contributed by atoms with E-state index in [9.17, 15) is 18.0 Å². The number of benzene rings is 2. The number of amides is 1. The Morgan fingerprint density at radius 3 is 2.48 bits per heavy atom. The molecule has 1 aliphatic rings. The molecule has 2 aromatic rings. The summed E-state index contributed by atoms with van der Waals surface area (Å²) in [7, 11) is -2.49. The minimum atomic E-state index is -3.75. The largest absolute Gasteiger partial charge is 0.465 e. The smallest absolute Gasteiger partial charge is 0.339 e. The van der Waals surface area contributed by atoms with Crippen LogP contribution in [0.3, 0.4) is 0 Å². The molecule has 29 heavy (non-hydrogen) atoms. The SMILES string of the molecule is COC(=O)c1ccccc1NC(=O)c1ccc(C)c(S(=O)(=O)N2CCOCC2)c1. The molecule has 1 aliphatic heterocycles. The molecule has 0 spiro atoms. The fraction of sp³-hybridized carbons (Fsp3) is 0.300. The summed E-state index contributed by atoms with van der Waals surface area (Å²) >= 11 is 0. The summed E-state index contributed by atoms with van der Waals surface area (Å²) in [5, 5.41) is 2.65. The Labute approximate surface area is 169 Å². The predicted octanol–water partition coefficient (Wildman–Crippen LogP) is 2.05. The lowest BCUT2D eigenvalue weighted by atomic mass is 10.1. The number of hydrogen-bond acceptors (Lipinski definition) is 6. The van der Waals surface area contributed by atoms with E-state index < -0.39 is 21.9 Å². The maximum atomic E-state index is 13.0. The summed E-state index contributed by atoms with van der Waals surface area (Å²) in [5.41, 5.74) is 1.20. The Balaban J connectivity index is 1.90. The van der Waals surface area contributed by atoms with Gasteiger partial charge >= 0.3 is 5.97 Å². The Hall–Kier alpha value is -2.75. The van der Waals surface area contributed by atoms with Crippen LogP contribution in [0.5, 0.6) is 0 Å². The number of nitrogens with one attached hydrogen (secondary N) is 1. The van der Waals surface area contributed by atoms with E-state index in [1.807, 2.05) is 0 Å². The number of morpholine rings is 1. The lowest BCUT2D eigenvalue weighted by Crippen LogP contribution is -2.40. The molecule has 0 saturated carbocycles. The maximum Gasteiger partial charge on any atom is 0.339 e. The van der Waals surface area contributed by atoms with Crippen LogP contribution in [-0.2, 0) is 19.5 Å². The second kappa shape index (κ2) is 8.73. The highest BCUT2D eigenvalue weighted by Crippen LogP contribution is 2.23. The number of nitrogens with zero attached hydrogens (tertiary/aromatic N) is 1. The highest BCUT2D eigenvalue weighted by molar-refractivity contribution is 7.89. The van der Waals surface area contributed by atoms with Gasteiger partial charge in [0.15, 0.2) is 0 Å². The fourth-order valence-corrected chi connectivity index (χ4v) is 4.68. The number of hydrogen-bond donors (Lipinski definition) is 1. The Morgan fingerprint density at radius 1 is 1.10 bits per heavy atom. The van der Waals surface area contributed by atoms with Crippen LogP contribution in [0.1, 0.15) is 26.3 Å². The van der Waals surface area contributed by atoms with Crippen molar-refractivity contribution < 1.29 is 27.5 Å². The van der Waals surface area contributed by atoms with Crippen LogP contribution >= 0.6 is 0 Å². The van der Waals surface area contributed by atoms with E-state index in [4.69, 9.17) is 9.47 Å². The zero-order valence-electron chi connectivity index (χ0n) is 16.2. The predicted molar refractivity (Wildman–Crippen MR) is 106 cm³/mol. The van der Waals surface area contributed by atoms with Crippen molar-refractivity contribution in [3.63, 3.8) is 0 Å². The standard InChI is InChI=1S/C20H22N2O6S/c1-14-7-8-15(13-18(14)29(25,26)22-9-11-28-12-10-22)19(23)21-17-6-4-3-5-16(17)20(24)27-2/h3-8,13H,9-12H2,1-2H3,(H,21,23). The Bertz CT molecular complexity index is 1030. The van der Waals surface area contributed by atoms with E-state index in [2.05, 4.69) is 5.32 Å². The van der Waals surface area contributed by atoms with E-state index in [-0.39, 0.29) is 34.8 Å². The van der Waals surface area contributed by atoms with Crippen molar-refractivity contribution in [2.75, 3.05) is 38.7 Å². The van der Waals surface area contributed by atoms with Gasteiger partial charge in [0.25, 0.3) is 5.91 Å². The zero-order valence-corrected chi connectivity index (χ0v) is 17.0. The highest BCUT2D eigenvalue weighted by atomic mass is 32.2. The normalized spacial score (nSPS) is 15.0. The number of sulfonamides is 1. The minimum absolute atomic E-state index is 0.0771. The number of esters is 1. The Morgan fingerprint density at radius 2 is 1.79 bits per heavy atom. The van der Waals surface area contributed by atoms with Crippen LogP contribution in [0.15, 0.2) is 47.4 Å². The maximum absolute atomic E-state index is 13.0. The van der Waals surface area contributed by atoms with Gasteiger partial charge in [-0.15, -0.1) is 0 Å². The van der Waals surface area contributed by atoms with Crippen LogP contribution in [0.25, 0.3) is 0 Å². The van der Waals surface area contributed by atoms with Crippen LogP contribution in [-0.4, -0.2) is 58.0 Å². The molecule has 1 amide bonds. The van der Waals surface area contributed by atoms with Gasteiger partial charge in [0.05, 0.1) is 36.5 Å². The molecule has 0 unspecified atom stereocenters. The van der Waals surface area contributed by atoms with Crippen molar-refractivity contribution in [1.29, 1.82) is 0 Å². The second-order valence-corrected chi connectivity index (χ2v) is 8.39. The van der Waals surface area contributed by atoms with Gasteiger partial charge in [-0.05, 0) is 36.8 Å². The number of carbonyl (C=O) groups excluding carboxylic acids is 2. The van der Waals surface area contributed by atoms with Gasteiger partial charge in [-0.1, -0.05) is 18.2 Å². The molecule has 1 saturated heterocycles. The summed E-state index contributed by atoms with van der Waals surface area (Å²) in [6.07, 6.45) is 0. The summed E-state index contributed by atoms with van der Waals surface area (Å²) in [6, 6.07) is 10.9. The number of aryl methyl sites for hydroxylation is 1. The number of ether oxygens (including phenoxy) is 2. The van der Waals surface area contributed by atoms with Gasteiger partial charge in [0.2, 0.25) is 10.0 Å². The van der Waals surface area contributed by atoms with Crippen molar-refractivity contribution in [3.8, 4) is 0 Å². The van der Waals surface area contributed by atoms with Gasteiger partial charge in [0.1, 0.15) is 0 Å². The number of rotatable bonds is 5. The van der Waals surface area contributed by atoms with Gasteiger partial charge in [-0.2, -0.15) is 4.31 Å². The number of methoxy groups -OCH3 is 1. The molecule has 1 N–H and O–H groups in total. The third kappa shape index (κ3) is 4.47. The third-order valence-electron chi connectivity index (χ3n) is 4.62. The molecule has 3 rings (SSSR count). The molecule has 1 fully saturated rings. The first-order valence-corrected chi connectivity index (χ1v) is 10.5. The molecule has 0 bridgehead atoms. The van der Waals surface area contributed by atoms with E-state index in [1.165, 1.54) is 23.5 Å². The van der Waals surface area contributed by atoms with Crippen molar-refractivity contribution >= 4 is 27.6 Å². The third-order valence-corrected chi connectivity index (χ3v) is 6.66. The minimum Gasteiger partial charge on any atom is -0.465 e. The zero-order chi connectivity index (χ0) is 21.0. The molecule has 0 aliphatic carbocycles. The lowest BCUT2D eigenvalue weighted by molar-refractivity contribution is 0.0602. The molecule has 0 aromatic heterocycles. The molecule has 154 valence electrons. The van der Waals surface area contributed by atoms with Gasteiger partial charge in [-0.3, -0.25) is 4.79 Å². The fourth-order valence-electron chi connectivity index (χ4n) is 3.02. The van der Waals surface area contributed by atoms with Gasteiger partial charge in [-0.25, -0.2) is 13.2 Å². The van der Waals surface area contributed by atoms with Crippen molar-refractivity contribution in [2.45, 2.75) is 11.8 Å². The summed E-state index contributed by atoms with van der Waals surface area (Å²) in [6.45, 7) is 2.89. The second-order valence-electron chi connectivity index (χ2n) is 6.49. The molecule has 2 aromatic carbocycles. The molecule has 1 heterocycles. The monoisotopic (exact) mass is 418 g/mol. The van der Waals surface area contributed by atoms with Crippen molar-refractivity contribution in [3.05, 3.63) is 59.2 Å². The van der Waals surface area contributed by atoms with Crippen LogP contribution < -0.4 is 5.32 Å². The quantitative estimate of drug-likeness (QED) is 0.746. The molecule has 8 nitrogen and oxygen atoms in total. The van der Waals surface area contributed by atoms with E-state index >= 15 is 0 Å². The van der Waals surface area contributed by atoms with Crippen molar-refractivity contribution in [2.24, 2.45) is 0 Å². The summed E-state index contributed by atoms with van der Waals surface area (Å²) in [5.74, 6) is -1.11. The van der Waals surface area contributed by atoms with Gasteiger partial charge in [0, 0.05) is 18.7 Å². The van der Waals surface area contributed by atoms with E-state index in [0.29, 0.717) is 18.8 Å². The topological polar surface area (TPSA) is 102 Å².